The van der Waals surface area contributed by atoms with Crippen LogP contribution in [-0.4, -0.2) is 5.97 Å². The average molecular weight is 240 g/mol. The first-order valence-electron chi connectivity index (χ1n) is 5.99. The van der Waals surface area contributed by atoms with Gasteiger partial charge in [-0.25, -0.2) is 0 Å². The molecule has 2 rings (SSSR count). The molecule has 0 aliphatic rings. The third-order valence-corrected chi connectivity index (χ3v) is 2.67. The van der Waals surface area contributed by atoms with E-state index in [4.69, 9.17) is 4.74 Å². The van der Waals surface area contributed by atoms with Crippen LogP contribution >= 0.6 is 0 Å². The van der Waals surface area contributed by atoms with Crippen molar-refractivity contribution in [3.05, 3.63) is 71.3 Å². The van der Waals surface area contributed by atoms with Crippen LogP contribution in [0.15, 0.2) is 54.6 Å². The lowest BCUT2D eigenvalue weighted by Gasteiger charge is -2.05. The molecule has 2 heteroatoms. The Balaban J connectivity index is 1.86. The molecule has 0 aromatic heterocycles. The molecule has 0 unspecified atom stereocenters. The highest BCUT2D eigenvalue weighted by Gasteiger charge is 2.05. The molecule has 0 heterocycles. The van der Waals surface area contributed by atoms with Gasteiger partial charge in [0.05, 0.1) is 6.42 Å². The third kappa shape index (κ3) is 3.74. The van der Waals surface area contributed by atoms with Gasteiger partial charge in [0.1, 0.15) is 6.61 Å². The molecular weight excluding hydrogens is 224 g/mol. The van der Waals surface area contributed by atoms with E-state index in [9.17, 15) is 4.79 Å². The van der Waals surface area contributed by atoms with Gasteiger partial charge in [-0.1, -0.05) is 60.2 Å². The fourth-order valence-electron chi connectivity index (χ4n) is 1.78. The Labute approximate surface area is 107 Å². The zero-order valence-electron chi connectivity index (χ0n) is 10.4. The van der Waals surface area contributed by atoms with Crippen LogP contribution < -0.4 is 0 Å². The van der Waals surface area contributed by atoms with Gasteiger partial charge >= 0.3 is 5.97 Å². The number of carbonyl (C=O) groups is 1. The largest absolute Gasteiger partial charge is 0.461 e. The molecule has 92 valence electrons. The van der Waals surface area contributed by atoms with E-state index in [0.717, 1.165) is 16.7 Å². The van der Waals surface area contributed by atoms with Crippen molar-refractivity contribution >= 4 is 5.97 Å². The van der Waals surface area contributed by atoms with Crippen LogP contribution in [0, 0.1) is 6.92 Å². The Hall–Kier alpha value is -2.09. The highest BCUT2D eigenvalue weighted by atomic mass is 16.5. The first kappa shape index (κ1) is 12.4. The summed E-state index contributed by atoms with van der Waals surface area (Å²) >= 11 is 0. The van der Waals surface area contributed by atoms with Crippen molar-refractivity contribution < 1.29 is 9.53 Å². The summed E-state index contributed by atoms with van der Waals surface area (Å²) in [5.74, 6) is -0.190. The number of carbonyl (C=O) groups excluding carboxylic acids is 1. The minimum atomic E-state index is -0.190. The fraction of sp³-hybridized carbons (Fsp3) is 0.188. The minimum absolute atomic E-state index is 0.190. The molecule has 2 nitrogen and oxygen atoms in total. The highest BCUT2D eigenvalue weighted by molar-refractivity contribution is 5.72. The van der Waals surface area contributed by atoms with Crippen LogP contribution in [-0.2, 0) is 22.6 Å². The molecule has 2 aromatic carbocycles. The Kier molecular flexibility index (Phi) is 4.13. The summed E-state index contributed by atoms with van der Waals surface area (Å²) in [6.07, 6.45) is 0.328. The van der Waals surface area contributed by atoms with Crippen molar-refractivity contribution in [3.8, 4) is 0 Å². The summed E-state index contributed by atoms with van der Waals surface area (Å²) in [7, 11) is 0. The molecule has 0 spiro atoms. The summed E-state index contributed by atoms with van der Waals surface area (Å²) in [6, 6.07) is 17.6. The SMILES string of the molecule is Cc1cccc(CC(=O)OCc2ccccc2)c1. The maximum absolute atomic E-state index is 11.7. The van der Waals surface area contributed by atoms with Gasteiger partial charge in [-0.2, -0.15) is 0 Å². The average Bonchev–Trinajstić information content (AvgIpc) is 2.38. The number of hydrogen-bond acceptors (Lipinski definition) is 2. The summed E-state index contributed by atoms with van der Waals surface area (Å²) in [6.45, 7) is 2.35. The van der Waals surface area contributed by atoms with Crippen LogP contribution in [0.25, 0.3) is 0 Å². The molecule has 0 saturated heterocycles. The van der Waals surface area contributed by atoms with Crippen molar-refractivity contribution in [1.82, 2.24) is 0 Å². The Morgan fingerprint density at radius 2 is 1.72 bits per heavy atom. The molecule has 0 aliphatic carbocycles. The standard InChI is InChI=1S/C16H16O2/c1-13-6-5-9-15(10-13)11-16(17)18-12-14-7-3-2-4-8-14/h2-10H,11-12H2,1H3. The number of ether oxygens (including phenoxy) is 1. The van der Waals surface area contributed by atoms with Crippen molar-refractivity contribution in [2.45, 2.75) is 20.0 Å². The molecule has 0 amide bonds. The van der Waals surface area contributed by atoms with E-state index >= 15 is 0 Å². The first-order valence-corrected chi connectivity index (χ1v) is 5.99. The predicted octanol–water partition coefficient (Wildman–Crippen LogP) is 3.28. The van der Waals surface area contributed by atoms with Crippen molar-refractivity contribution in [3.63, 3.8) is 0 Å². The van der Waals surface area contributed by atoms with Crippen LogP contribution in [0.1, 0.15) is 16.7 Å². The van der Waals surface area contributed by atoms with E-state index in [2.05, 4.69) is 0 Å². The first-order chi connectivity index (χ1) is 8.74. The summed E-state index contributed by atoms with van der Waals surface area (Å²) in [5.41, 5.74) is 3.16. The van der Waals surface area contributed by atoms with Gasteiger partial charge < -0.3 is 4.74 Å². The lowest BCUT2D eigenvalue weighted by atomic mass is 10.1. The zero-order valence-corrected chi connectivity index (χ0v) is 10.4. The molecule has 0 bridgehead atoms. The van der Waals surface area contributed by atoms with E-state index in [1.54, 1.807) is 0 Å². The normalized spacial score (nSPS) is 10.1. The summed E-state index contributed by atoms with van der Waals surface area (Å²) in [5, 5.41) is 0. The van der Waals surface area contributed by atoms with E-state index in [1.165, 1.54) is 0 Å². The molecule has 2 aromatic rings. The molecular formula is C16H16O2. The van der Waals surface area contributed by atoms with Gasteiger partial charge in [-0.05, 0) is 18.1 Å². The van der Waals surface area contributed by atoms with Gasteiger partial charge in [0.25, 0.3) is 0 Å². The van der Waals surface area contributed by atoms with Crippen LogP contribution in [0.5, 0.6) is 0 Å². The van der Waals surface area contributed by atoms with Crippen molar-refractivity contribution in [2.24, 2.45) is 0 Å². The van der Waals surface area contributed by atoms with Crippen LogP contribution in [0.4, 0.5) is 0 Å². The van der Waals surface area contributed by atoms with E-state index in [1.807, 2.05) is 61.5 Å². The lowest BCUT2D eigenvalue weighted by Crippen LogP contribution is -2.08. The maximum Gasteiger partial charge on any atom is 0.310 e. The second-order valence-electron chi connectivity index (χ2n) is 4.31. The molecule has 18 heavy (non-hydrogen) atoms. The number of esters is 1. The highest BCUT2D eigenvalue weighted by Crippen LogP contribution is 2.07. The van der Waals surface area contributed by atoms with Crippen molar-refractivity contribution in [2.75, 3.05) is 0 Å². The van der Waals surface area contributed by atoms with Gasteiger partial charge in [0.15, 0.2) is 0 Å². The number of aryl methyl sites for hydroxylation is 1. The van der Waals surface area contributed by atoms with E-state index in [-0.39, 0.29) is 5.97 Å². The van der Waals surface area contributed by atoms with E-state index in [0.29, 0.717) is 13.0 Å². The molecule has 0 N–H and O–H groups in total. The van der Waals surface area contributed by atoms with Crippen molar-refractivity contribution in [1.29, 1.82) is 0 Å². The molecule has 0 aliphatic heterocycles. The van der Waals surface area contributed by atoms with Gasteiger partial charge in [0, 0.05) is 0 Å². The summed E-state index contributed by atoms with van der Waals surface area (Å²) in [4.78, 5) is 11.7. The van der Waals surface area contributed by atoms with Crippen LogP contribution in [0.3, 0.4) is 0 Å². The quantitative estimate of drug-likeness (QED) is 0.767. The zero-order chi connectivity index (χ0) is 12.8. The number of benzene rings is 2. The second-order valence-corrected chi connectivity index (χ2v) is 4.31. The monoisotopic (exact) mass is 240 g/mol. The van der Waals surface area contributed by atoms with Crippen LogP contribution in [0.2, 0.25) is 0 Å². The molecule has 0 fully saturated rings. The summed E-state index contributed by atoms with van der Waals surface area (Å²) < 4.78 is 5.23. The van der Waals surface area contributed by atoms with Gasteiger partial charge in [-0.3, -0.25) is 4.79 Å². The van der Waals surface area contributed by atoms with Gasteiger partial charge in [-0.15, -0.1) is 0 Å². The molecule has 0 saturated carbocycles. The number of rotatable bonds is 4. The van der Waals surface area contributed by atoms with E-state index < -0.39 is 0 Å². The fourth-order valence-corrected chi connectivity index (χ4v) is 1.78. The topological polar surface area (TPSA) is 26.3 Å². The smallest absolute Gasteiger partial charge is 0.310 e. The molecule has 0 atom stereocenters. The second kappa shape index (κ2) is 6.01. The Morgan fingerprint density at radius 3 is 2.44 bits per heavy atom. The predicted molar refractivity (Wildman–Crippen MR) is 71.1 cm³/mol. The third-order valence-electron chi connectivity index (χ3n) is 2.67. The Morgan fingerprint density at radius 1 is 1.00 bits per heavy atom. The molecule has 0 radical (unpaired) electrons. The maximum atomic E-state index is 11.7. The number of hydrogen-bond donors (Lipinski definition) is 0. The van der Waals surface area contributed by atoms with Gasteiger partial charge in [0.2, 0.25) is 0 Å². The minimum Gasteiger partial charge on any atom is -0.461 e. The Bertz CT molecular complexity index is 518. The lowest BCUT2D eigenvalue weighted by molar-refractivity contribution is -0.144.